The van der Waals surface area contributed by atoms with Gasteiger partial charge in [0.1, 0.15) is 12.1 Å². The number of ether oxygens (including phenoxy) is 1. The molecule has 3 saturated heterocycles. The Balaban J connectivity index is 1.19. The SMILES string of the molecule is NC1=NC2[C@H](CN3C(=O)CCC3=O)N=C(N)N3C[C@H](OC(=O)N4CCCC(c5ccccc5)C4)C(O)C23N1. The van der Waals surface area contributed by atoms with Crippen LogP contribution in [0.2, 0.25) is 0 Å². The van der Waals surface area contributed by atoms with E-state index in [4.69, 9.17) is 16.2 Å². The molecule has 202 valence electrons. The molecule has 3 amide bonds. The van der Waals surface area contributed by atoms with Crippen LogP contribution in [0.25, 0.3) is 0 Å². The first-order chi connectivity index (χ1) is 18.3. The zero-order valence-corrected chi connectivity index (χ0v) is 20.9. The zero-order valence-electron chi connectivity index (χ0n) is 20.9. The summed E-state index contributed by atoms with van der Waals surface area (Å²) in [6.07, 6.45) is -0.557. The van der Waals surface area contributed by atoms with E-state index in [9.17, 15) is 19.5 Å². The van der Waals surface area contributed by atoms with Gasteiger partial charge in [-0.25, -0.2) is 14.8 Å². The van der Waals surface area contributed by atoms with Crippen LogP contribution in [0.3, 0.4) is 0 Å². The van der Waals surface area contributed by atoms with Crippen molar-refractivity contribution in [3.05, 3.63) is 35.9 Å². The summed E-state index contributed by atoms with van der Waals surface area (Å²) in [5, 5.41) is 14.6. The van der Waals surface area contributed by atoms with Crippen LogP contribution in [0.4, 0.5) is 4.79 Å². The first-order valence-electron chi connectivity index (χ1n) is 13.0. The number of aliphatic imine (C=N–C) groups is 2. The third kappa shape index (κ3) is 3.83. The van der Waals surface area contributed by atoms with E-state index in [1.807, 2.05) is 18.2 Å². The second kappa shape index (κ2) is 9.15. The molecule has 1 spiro atoms. The summed E-state index contributed by atoms with van der Waals surface area (Å²) in [4.78, 5) is 51.2. The lowest BCUT2D eigenvalue weighted by Crippen LogP contribution is -2.73. The molecule has 13 heteroatoms. The van der Waals surface area contributed by atoms with Gasteiger partial charge >= 0.3 is 6.09 Å². The smallest absolute Gasteiger partial charge is 0.410 e. The van der Waals surface area contributed by atoms with E-state index in [-0.39, 0.29) is 55.6 Å². The molecule has 6 N–H and O–H groups in total. The third-order valence-corrected chi connectivity index (χ3v) is 8.34. The maximum Gasteiger partial charge on any atom is 0.410 e. The highest BCUT2D eigenvalue weighted by Crippen LogP contribution is 2.41. The van der Waals surface area contributed by atoms with E-state index < -0.39 is 36.0 Å². The Hall–Kier alpha value is -3.87. The van der Waals surface area contributed by atoms with E-state index in [1.54, 1.807) is 9.80 Å². The number of amides is 3. The number of nitrogens with one attached hydrogen (secondary N) is 1. The number of guanidine groups is 2. The number of piperidine rings is 1. The highest BCUT2D eigenvalue weighted by molar-refractivity contribution is 6.02. The molecule has 6 atom stereocenters. The summed E-state index contributed by atoms with van der Waals surface area (Å²) in [6, 6.07) is 8.60. The van der Waals surface area contributed by atoms with Crippen molar-refractivity contribution in [3.8, 4) is 0 Å². The lowest BCUT2D eigenvalue weighted by atomic mass is 9.88. The number of hydrogen-bond acceptors (Lipinski definition) is 11. The van der Waals surface area contributed by atoms with Crippen molar-refractivity contribution in [2.45, 2.75) is 61.6 Å². The number of nitrogens with zero attached hydrogens (tertiary/aromatic N) is 5. The minimum absolute atomic E-state index is 0.0249. The van der Waals surface area contributed by atoms with E-state index in [2.05, 4.69) is 27.4 Å². The van der Waals surface area contributed by atoms with Gasteiger partial charge in [-0.05, 0) is 18.4 Å². The highest BCUT2D eigenvalue weighted by atomic mass is 16.6. The first-order valence-corrected chi connectivity index (χ1v) is 13.0. The number of hydrogen-bond donors (Lipinski definition) is 4. The Morgan fingerprint density at radius 1 is 1.13 bits per heavy atom. The molecule has 4 unspecified atom stereocenters. The number of likely N-dealkylation sites (tertiary alicyclic amines) is 2. The average molecular weight is 525 g/mol. The van der Waals surface area contributed by atoms with E-state index in [0.29, 0.717) is 13.1 Å². The van der Waals surface area contributed by atoms with Crippen molar-refractivity contribution in [2.75, 3.05) is 26.2 Å². The largest absolute Gasteiger partial charge is 0.441 e. The van der Waals surface area contributed by atoms with Crippen molar-refractivity contribution >= 4 is 29.8 Å². The minimum Gasteiger partial charge on any atom is -0.441 e. The molecular formula is C25H32N8O5. The van der Waals surface area contributed by atoms with E-state index >= 15 is 0 Å². The Morgan fingerprint density at radius 2 is 1.87 bits per heavy atom. The molecule has 1 aromatic rings. The van der Waals surface area contributed by atoms with Crippen LogP contribution in [-0.2, 0) is 14.3 Å². The molecule has 0 aliphatic carbocycles. The molecule has 5 heterocycles. The number of aliphatic hydroxyl groups excluding tert-OH is 1. The summed E-state index contributed by atoms with van der Waals surface area (Å²) in [6.45, 7) is 1.16. The lowest BCUT2D eigenvalue weighted by molar-refractivity contribution is -0.139. The molecule has 0 radical (unpaired) electrons. The van der Waals surface area contributed by atoms with Gasteiger partial charge in [0.25, 0.3) is 0 Å². The van der Waals surface area contributed by atoms with E-state index in [0.717, 1.165) is 17.7 Å². The van der Waals surface area contributed by atoms with Crippen LogP contribution in [0.15, 0.2) is 40.3 Å². The second-order valence-electron chi connectivity index (χ2n) is 10.5. The fourth-order valence-electron chi connectivity index (χ4n) is 6.48. The number of nitrogens with two attached hydrogens (primary N) is 2. The molecule has 0 saturated carbocycles. The van der Waals surface area contributed by atoms with Crippen molar-refractivity contribution < 1.29 is 24.2 Å². The molecule has 0 bridgehead atoms. The lowest BCUT2D eigenvalue weighted by Gasteiger charge is -2.46. The Bertz CT molecular complexity index is 1190. The van der Waals surface area contributed by atoms with Crippen molar-refractivity contribution in [3.63, 3.8) is 0 Å². The van der Waals surface area contributed by atoms with Gasteiger partial charge in [-0.2, -0.15) is 0 Å². The number of aliphatic hydroxyl groups is 1. The Morgan fingerprint density at radius 3 is 2.61 bits per heavy atom. The molecule has 6 rings (SSSR count). The standard InChI is InChI=1S/C25H32N8O5/c26-22-29-20-16(12-32-18(34)8-9-19(32)35)28-23(27)33-13-17(21(36)25(20,33)30-22)38-24(37)31-10-4-7-15(11-31)14-5-2-1-3-6-14/h1-3,5-6,15-17,20-21,36H,4,7-13H2,(H2,27,28)(H3,26,29,30)/t15?,16-,17-,20?,21?,25?/m0/s1. The van der Waals surface area contributed by atoms with Crippen LogP contribution in [0, 0.1) is 0 Å². The monoisotopic (exact) mass is 524 g/mol. The predicted molar refractivity (Wildman–Crippen MR) is 136 cm³/mol. The molecule has 13 nitrogen and oxygen atoms in total. The first kappa shape index (κ1) is 24.5. The number of imide groups is 1. The molecule has 3 fully saturated rings. The number of carbonyl (C=O) groups is 3. The van der Waals surface area contributed by atoms with E-state index in [1.165, 1.54) is 5.56 Å². The van der Waals surface area contributed by atoms with Crippen molar-refractivity contribution in [2.24, 2.45) is 21.5 Å². The van der Waals surface area contributed by atoms with Crippen LogP contribution >= 0.6 is 0 Å². The van der Waals surface area contributed by atoms with Gasteiger partial charge in [0.05, 0.1) is 19.1 Å². The van der Waals surface area contributed by atoms with Crippen molar-refractivity contribution in [1.82, 2.24) is 20.0 Å². The van der Waals surface area contributed by atoms with Gasteiger partial charge in [0, 0.05) is 31.8 Å². The number of carbonyl (C=O) groups excluding carboxylic acids is 3. The minimum atomic E-state index is -1.31. The zero-order chi connectivity index (χ0) is 26.6. The van der Waals surface area contributed by atoms with Crippen LogP contribution in [-0.4, -0.2) is 106 Å². The third-order valence-electron chi connectivity index (χ3n) is 8.34. The maximum absolute atomic E-state index is 13.2. The maximum atomic E-state index is 13.2. The number of rotatable bonds is 4. The molecule has 5 aliphatic heterocycles. The summed E-state index contributed by atoms with van der Waals surface area (Å²) >= 11 is 0. The number of benzene rings is 1. The Labute approximate surface area is 219 Å². The van der Waals surface area contributed by atoms with Gasteiger partial charge in [0.15, 0.2) is 23.7 Å². The summed E-state index contributed by atoms with van der Waals surface area (Å²) in [7, 11) is 0. The van der Waals surface area contributed by atoms with Gasteiger partial charge in [-0.15, -0.1) is 0 Å². The Kier molecular flexibility index (Phi) is 5.89. The summed E-state index contributed by atoms with van der Waals surface area (Å²) in [5.74, 6) is -0.191. The molecule has 38 heavy (non-hydrogen) atoms. The quantitative estimate of drug-likeness (QED) is 0.355. The normalized spacial score (nSPS) is 34.4. The van der Waals surface area contributed by atoms with Crippen LogP contribution in [0.1, 0.15) is 37.2 Å². The molecule has 1 aromatic carbocycles. The predicted octanol–water partition coefficient (Wildman–Crippen LogP) is -1.12. The van der Waals surface area contributed by atoms with Crippen LogP contribution < -0.4 is 16.8 Å². The topological polar surface area (TPSA) is 179 Å². The summed E-state index contributed by atoms with van der Waals surface area (Å²) in [5.41, 5.74) is 12.2. The molecule has 5 aliphatic rings. The van der Waals surface area contributed by atoms with Gasteiger partial charge in [0.2, 0.25) is 11.8 Å². The van der Waals surface area contributed by atoms with Crippen LogP contribution in [0.5, 0.6) is 0 Å². The fourth-order valence-corrected chi connectivity index (χ4v) is 6.48. The molecular weight excluding hydrogens is 492 g/mol. The van der Waals surface area contributed by atoms with Gasteiger partial charge in [-0.1, -0.05) is 30.3 Å². The molecule has 0 aromatic heterocycles. The fraction of sp³-hybridized carbons (Fsp3) is 0.560. The van der Waals surface area contributed by atoms with Gasteiger partial charge < -0.3 is 36.4 Å². The second-order valence-corrected chi connectivity index (χ2v) is 10.5. The van der Waals surface area contributed by atoms with Gasteiger partial charge in [-0.3, -0.25) is 14.5 Å². The average Bonchev–Trinajstić information content (AvgIpc) is 3.53. The summed E-state index contributed by atoms with van der Waals surface area (Å²) < 4.78 is 5.86. The highest BCUT2D eigenvalue weighted by Gasteiger charge is 2.66. The van der Waals surface area contributed by atoms with Crippen molar-refractivity contribution in [1.29, 1.82) is 0 Å².